The fourth-order valence-electron chi connectivity index (χ4n) is 2.33. The molecule has 1 heterocycles. The second kappa shape index (κ2) is 6.38. The lowest BCUT2D eigenvalue weighted by Gasteiger charge is -2.16. The molecule has 2 rings (SSSR count). The standard InChI is InChI=1S/C14H16N2O5/c17-13(18)8(6-12(16-21)14(19)20)5-9-7-15-11-4-2-1-3-10(9)11/h1-4,7-8,12,15-16,21H,5-6H2,(H,17,18)(H,19,20). The van der Waals surface area contributed by atoms with E-state index in [0.717, 1.165) is 16.5 Å². The average molecular weight is 292 g/mol. The first-order valence-corrected chi connectivity index (χ1v) is 6.43. The average Bonchev–Trinajstić information content (AvgIpc) is 2.86. The van der Waals surface area contributed by atoms with Crippen LogP contribution in [0.25, 0.3) is 10.9 Å². The van der Waals surface area contributed by atoms with Gasteiger partial charge in [0.1, 0.15) is 6.04 Å². The maximum absolute atomic E-state index is 11.3. The van der Waals surface area contributed by atoms with Crippen LogP contribution in [-0.4, -0.2) is 38.4 Å². The van der Waals surface area contributed by atoms with Gasteiger partial charge in [0.05, 0.1) is 5.92 Å². The van der Waals surface area contributed by atoms with Crippen LogP contribution in [0.5, 0.6) is 0 Å². The van der Waals surface area contributed by atoms with Gasteiger partial charge >= 0.3 is 11.9 Å². The molecule has 2 aromatic rings. The zero-order valence-corrected chi connectivity index (χ0v) is 11.1. The molecule has 1 aromatic heterocycles. The molecule has 0 saturated carbocycles. The summed E-state index contributed by atoms with van der Waals surface area (Å²) in [6.45, 7) is 0. The molecular formula is C14H16N2O5. The number of para-hydroxylation sites is 1. The van der Waals surface area contributed by atoms with E-state index in [9.17, 15) is 14.7 Å². The molecule has 0 amide bonds. The number of carboxylic acid groups (broad SMARTS) is 2. The number of fused-ring (bicyclic) bond motifs is 1. The van der Waals surface area contributed by atoms with Gasteiger partial charge in [0.2, 0.25) is 0 Å². The zero-order chi connectivity index (χ0) is 15.4. The quantitative estimate of drug-likeness (QED) is 0.489. The fraction of sp³-hybridized carbons (Fsp3) is 0.286. The number of hydroxylamine groups is 1. The molecule has 7 heteroatoms. The monoisotopic (exact) mass is 292 g/mol. The summed E-state index contributed by atoms with van der Waals surface area (Å²) in [5, 5.41) is 27.8. The van der Waals surface area contributed by atoms with Crippen molar-refractivity contribution in [3.63, 3.8) is 0 Å². The van der Waals surface area contributed by atoms with Crippen LogP contribution in [0.4, 0.5) is 0 Å². The number of aromatic amines is 1. The highest BCUT2D eigenvalue weighted by Crippen LogP contribution is 2.23. The minimum Gasteiger partial charge on any atom is -0.481 e. The Kier molecular flexibility index (Phi) is 4.56. The number of aromatic nitrogens is 1. The second-order valence-electron chi connectivity index (χ2n) is 4.85. The van der Waals surface area contributed by atoms with E-state index >= 15 is 0 Å². The SMILES string of the molecule is O=C(O)C(Cc1c[nH]c2ccccc12)CC(NO)C(=O)O. The van der Waals surface area contributed by atoms with E-state index in [-0.39, 0.29) is 12.8 Å². The highest BCUT2D eigenvalue weighted by atomic mass is 16.5. The molecule has 0 radical (unpaired) electrons. The number of nitrogens with one attached hydrogen (secondary N) is 2. The third kappa shape index (κ3) is 3.39. The van der Waals surface area contributed by atoms with Crippen LogP contribution in [0.3, 0.4) is 0 Å². The molecule has 2 atom stereocenters. The summed E-state index contributed by atoms with van der Waals surface area (Å²) >= 11 is 0. The van der Waals surface area contributed by atoms with Gasteiger partial charge in [-0.25, -0.2) is 0 Å². The largest absolute Gasteiger partial charge is 0.481 e. The molecule has 0 bridgehead atoms. The van der Waals surface area contributed by atoms with Crippen molar-refractivity contribution < 1.29 is 25.0 Å². The summed E-state index contributed by atoms with van der Waals surface area (Å²) in [6, 6.07) is 6.16. The molecule has 0 aliphatic rings. The van der Waals surface area contributed by atoms with Gasteiger partial charge in [0.15, 0.2) is 0 Å². The van der Waals surface area contributed by atoms with Gasteiger partial charge in [0, 0.05) is 17.1 Å². The van der Waals surface area contributed by atoms with E-state index in [1.807, 2.05) is 24.3 Å². The molecule has 0 saturated heterocycles. The third-order valence-electron chi connectivity index (χ3n) is 3.46. The molecule has 112 valence electrons. The summed E-state index contributed by atoms with van der Waals surface area (Å²) in [4.78, 5) is 25.3. The number of H-pyrrole nitrogens is 1. The second-order valence-corrected chi connectivity index (χ2v) is 4.85. The van der Waals surface area contributed by atoms with Crippen molar-refractivity contribution in [3.05, 3.63) is 36.0 Å². The smallest absolute Gasteiger partial charge is 0.323 e. The maximum atomic E-state index is 11.3. The van der Waals surface area contributed by atoms with E-state index in [1.165, 1.54) is 0 Å². The van der Waals surface area contributed by atoms with Crippen LogP contribution in [0.2, 0.25) is 0 Å². The van der Waals surface area contributed by atoms with Crippen molar-refractivity contribution >= 4 is 22.8 Å². The zero-order valence-electron chi connectivity index (χ0n) is 11.1. The molecule has 0 aliphatic heterocycles. The summed E-state index contributed by atoms with van der Waals surface area (Å²) in [6.07, 6.45) is 1.70. The first-order valence-electron chi connectivity index (χ1n) is 6.43. The lowest BCUT2D eigenvalue weighted by atomic mass is 9.93. The van der Waals surface area contributed by atoms with E-state index < -0.39 is 23.9 Å². The highest BCUT2D eigenvalue weighted by molar-refractivity contribution is 5.84. The normalized spacial score (nSPS) is 14.0. The molecule has 0 aliphatic carbocycles. The predicted molar refractivity (Wildman–Crippen MR) is 74.1 cm³/mol. The van der Waals surface area contributed by atoms with Gasteiger partial charge in [0.25, 0.3) is 0 Å². The molecule has 5 N–H and O–H groups in total. The van der Waals surface area contributed by atoms with Crippen LogP contribution in [0.15, 0.2) is 30.5 Å². The van der Waals surface area contributed by atoms with Crippen LogP contribution in [-0.2, 0) is 16.0 Å². The number of carboxylic acids is 2. The number of aliphatic carboxylic acids is 2. The highest BCUT2D eigenvalue weighted by Gasteiger charge is 2.27. The molecule has 21 heavy (non-hydrogen) atoms. The number of carbonyl (C=O) groups is 2. The fourth-order valence-corrected chi connectivity index (χ4v) is 2.33. The van der Waals surface area contributed by atoms with Gasteiger partial charge in [-0.3, -0.25) is 9.59 Å². The van der Waals surface area contributed by atoms with Crippen molar-refractivity contribution in [1.29, 1.82) is 0 Å². The topological polar surface area (TPSA) is 123 Å². The molecule has 0 spiro atoms. The van der Waals surface area contributed by atoms with E-state index in [1.54, 1.807) is 11.7 Å². The summed E-state index contributed by atoms with van der Waals surface area (Å²) < 4.78 is 0. The van der Waals surface area contributed by atoms with E-state index in [0.29, 0.717) is 0 Å². The van der Waals surface area contributed by atoms with E-state index in [4.69, 9.17) is 10.3 Å². The van der Waals surface area contributed by atoms with Gasteiger partial charge in [-0.1, -0.05) is 18.2 Å². The summed E-state index contributed by atoms with van der Waals surface area (Å²) in [5.74, 6) is -3.30. The first-order chi connectivity index (χ1) is 10.0. The number of hydrogen-bond acceptors (Lipinski definition) is 4. The molecule has 2 unspecified atom stereocenters. The number of benzene rings is 1. The van der Waals surface area contributed by atoms with Crippen molar-refractivity contribution in [2.45, 2.75) is 18.9 Å². The van der Waals surface area contributed by atoms with Gasteiger partial charge in [-0.05, 0) is 24.5 Å². The summed E-state index contributed by atoms with van der Waals surface area (Å²) in [7, 11) is 0. The maximum Gasteiger partial charge on any atom is 0.323 e. The van der Waals surface area contributed by atoms with Crippen LogP contribution < -0.4 is 5.48 Å². The molecular weight excluding hydrogens is 276 g/mol. The molecule has 7 nitrogen and oxygen atoms in total. The van der Waals surface area contributed by atoms with Crippen molar-refractivity contribution in [1.82, 2.24) is 10.5 Å². The lowest BCUT2D eigenvalue weighted by molar-refractivity contribution is -0.146. The number of rotatable bonds is 7. The molecule has 0 fully saturated rings. The Hall–Kier alpha value is -2.38. The lowest BCUT2D eigenvalue weighted by Crippen LogP contribution is -2.38. The predicted octanol–water partition coefficient (Wildman–Crippen LogP) is 1.23. The van der Waals surface area contributed by atoms with Gasteiger partial charge < -0.3 is 20.4 Å². The Morgan fingerprint density at radius 3 is 2.52 bits per heavy atom. The van der Waals surface area contributed by atoms with Crippen LogP contribution in [0, 0.1) is 5.92 Å². The van der Waals surface area contributed by atoms with Gasteiger partial charge in [-0.15, -0.1) is 0 Å². The minimum atomic E-state index is -1.31. The Morgan fingerprint density at radius 1 is 1.19 bits per heavy atom. The van der Waals surface area contributed by atoms with Gasteiger partial charge in [-0.2, -0.15) is 5.48 Å². The summed E-state index contributed by atoms with van der Waals surface area (Å²) in [5.41, 5.74) is 3.33. The van der Waals surface area contributed by atoms with E-state index in [2.05, 4.69) is 4.98 Å². The Bertz CT molecular complexity index is 652. The van der Waals surface area contributed by atoms with Crippen molar-refractivity contribution in [2.24, 2.45) is 5.92 Å². The number of hydrogen-bond donors (Lipinski definition) is 5. The Balaban J connectivity index is 2.20. The Labute approximate surface area is 120 Å². The van der Waals surface area contributed by atoms with Crippen LogP contribution in [0.1, 0.15) is 12.0 Å². The first kappa shape index (κ1) is 15.0. The molecule has 1 aromatic carbocycles. The third-order valence-corrected chi connectivity index (χ3v) is 3.46. The van der Waals surface area contributed by atoms with Crippen LogP contribution >= 0.6 is 0 Å². The van der Waals surface area contributed by atoms with Crippen molar-refractivity contribution in [2.75, 3.05) is 0 Å². The Morgan fingerprint density at radius 2 is 1.90 bits per heavy atom. The van der Waals surface area contributed by atoms with Crippen molar-refractivity contribution in [3.8, 4) is 0 Å². The minimum absolute atomic E-state index is 0.185.